The van der Waals surface area contributed by atoms with E-state index in [-0.39, 0.29) is 0 Å². The molecule has 0 fully saturated rings. The van der Waals surface area contributed by atoms with Gasteiger partial charge in [0.15, 0.2) is 0 Å². The number of methoxy groups -OCH3 is 1. The number of nitrogens with one attached hydrogen (secondary N) is 1. The predicted molar refractivity (Wildman–Crippen MR) is 73.5 cm³/mol. The summed E-state index contributed by atoms with van der Waals surface area (Å²) in [7, 11) is 1.59. The molecular formula is C15H22N2O. The summed E-state index contributed by atoms with van der Waals surface area (Å²) in [6.45, 7) is 8.47. The lowest BCUT2D eigenvalue weighted by molar-refractivity contribution is 0.327. The van der Waals surface area contributed by atoms with E-state index in [2.05, 4.69) is 32.2 Å². The van der Waals surface area contributed by atoms with Gasteiger partial charge in [0, 0.05) is 13.1 Å². The van der Waals surface area contributed by atoms with Crippen molar-refractivity contribution in [1.29, 1.82) is 5.26 Å². The molecule has 0 amide bonds. The van der Waals surface area contributed by atoms with Crippen LogP contribution in [-0.4, -0.2) is 13.7 Å². The van der Waals surface area contributed by atoms with Crippen LogP contribution >= 0.6 is 0 Å². The first-order chi connectivity index (χ1) is 8.52. The lowest BCUT2D eigenvalue weighted by Crippen LogP contribution is -2.28. The molecule has 3 nitrogen and oxygen atoms in total. The molecule has 0 unspecified atom stereocenters. The molecule has 0 saturated carbocycles. The van der Waals surface area contributed by atoms with Crippen LogP contribution in [0.5, 0.6) is 5.75 Å². The standard InChI is InChI=1S/C15H22N2O/c1-5-15(2,3)11-17-10-12-6-7-13(9-16)14(8-12)18-4/h6-8,17H,5,10-11H2,1-4H3. The Labute approximate surface area is 110 Å². The van der Waals surface area contributed by atoms with E-state index in [0.29, 0.717) is 16.7 Å². The molecule has 3 heteroatoms. The molecule has 0 aromatic heterocycles. The average Bonchev–Trinajstić information content (AvgIpc) is 2.38. The Morgan fingerprint density at radius 3 is 2.67 bits per heavy atom. The van der Waals surface area contributed by atoms with Gasteiger partial charge in [-0.25, -0.2) is 0 Å². The molecule has 1 N–H and O–H groups in total. The molecule has 0 atom stereocenters. The smallest absolute Gasteiger partial charge is 0.136 e. The van der Waals surface area contributed by atoms with Crippen LogP contribution in [0.1, 0.15) is 38.3 Å². The second kappa shape index (κ2) is 6.42. The zero-order chi connectivity index (χ0) is 13.6. The van der Waals surface area contributed by atoms with Crippen molar-refractivity contribution < 1.29 is 4.74 Å². The fraction of sp³-hybridized carbons (Fsp3) is 0.533. The van der Waals surface area contributed by atoms with Gasteiger partial charge in [-0.05, 0) is 29.5 Å². The van der Waals surface area contributed by atoms with E-state index < -0.39 is 0 Å². The highest BCUT2D eigenvalue weighted by atomic mass is 16.5. The van der Waals surface area contributed by atoms with Gasteiger partial charge in [0.05, 0.1) is 12.7 Å². The lowest BCUT2D eigenvalue weighted by Gasteiger charge is -2.23. The van der Waals surface area contributed by atoms with E-state index >= 15 is 0 Å². The van der Waals surface area contributed by atoms with E-state index in [1.165, 1.54) is 0 Å². The van der Waals surface area contributed by atoms with Gasteiger partial charge >= 0.3 is 0 Å². The first-order valence-corrected chi connectivity index (χ1v) is 6.30. The Hall–Kier alpha value is -1.53. The monoisotopic (exact) mass is 246 g/mol. The van der Waals surface area contributed by atoms with E-state index in [1.54, 1.807) is 13.2 Å². The molecule has 0 aliphatic heterocycles. The SMILES string of the molecule is CCC(C)(C)CNCc1ccc(C#N)c(OC)c1. The molecule has 0 saturated heterocycles. The minimum Gasteiger partial charge on any atom is -0.495 e. The molecule has 1 aromatic rings. The molecule has 0 radical (unpaired) electrons. The van der Waals surface area contributed by atoms with Gasteiger partial charge < -0.3 is 10.1 Å². The summed E-state index contributed by atoms with van der Waals surface area (Å²) in [5.74, 6) is 0.645. The Bertz CT molecular complexity index is 433. The number of ether oxygens (including phenoxy) is 1. The number of rotatable bonds is 6. The summed E-state index contributed by atoms with van der Waals surface area (Å²) in [6, 6.07) is 7.81. The zero-order valence-electron chi connectivity index (χ0n) is 11.7. The minimum atomic E-state index is 0.316. The third kappa shape index (κ3) is 4.05. The largest absolute Gasteiger partial charge is 0.495 e. The van der Waals surface area contributed by atoms with Gasteiger partial charge in [-0.2, -0.15) is 5.26 Å². The number of benzene rings is 1. The molecule has 0 spiro atoms. The zero-order valence-corrected chi connectivity index (χ0v) is 11.7. The van der Waals surface area contributed by atoms with E-state index in [4.69, 9.17) is 10.00 Å². The number of nitrogens with zero attached hydrogens (tertiary/aromatic N) is 1. The molecule has 1 rings (SSSR count). The first kappa shape index (κ1) is 14.5. The van der Waals surface area contributed by atoms with Gasteiger partial charge in [0.2, 0.25) is 0 Å². The highest BCUT2D eigenvalue weighted by Crippen LogP contribution is 2.20. The molecule has 1 aromatic carbocycles. The maximum Gasteiger partial charge on any atom is 0.136 e. The quantitative estimate of drug-likeness (QED) is 0.839. The van der Waals surface area contributed by atoms with Crippen LogP contribution < -0.4 is 10.1 Å². The molecular weight excluding hydrogens is 224 g/mol. The van der Waals surface area contributed by atoms with Crippen LogP contribution in [-0.2, 0) is 6.54 Å². The summed E-state index contributed by atoms with van der Waals surface area (Å²) in [6.07, 6.45) is 1.15. The third-order valence-electron chi connectivity index (χ3n) is 3.28. The number of hydrogen-bond acceptors (Lipinski definition) is 3. The van der Waals surface area contributed by atoms with Crippen molar-refractivity contribution in [3.05, 3.63) is 29.3 Å². The van der Waals surface area contributed by atoms with E-state index in [1.807, 2.05) is 12.1 Å². The highest BCUT2D eigenvalue weighted by molar-refractivity contribution is 5.45. The van der Waals surface area contributed by atoms with Crippen LogP contribution in [0.2, 0.25) is 0 Å². The maximum absolute atomic E-state index is 8.91. The van der Waals surface area contributed by atoms with Crippen molar-refractivity contribution in [2.45, 2.75) is 33.7 Å². The Morgan fingerprint density at radius 1 is 1.39 bits per heavy atom. The highest BCUT2D eigenvalue weighted by Gasteiger charge is 2.14. The van der Waals surface area contributed by atoms with E-state index in [0.717, 1.165) is 25.1 Å². The van der Waals surface area contributed by atoms with Crippen molar-refractivity contribution in [2.75, 3.05) is 13.7 Å². The summed E-state index contributed by atoms with van der Waals surface area (Å²) >= 11 is 0. The average molecular weight is 246 g/mol. The van der Waals surface area contributed by atoms with Crippen molar-refractivity contribution in [1.82, 2.24) is 5.32 Å². The van der Waals surface area contributed by atoms with Crippen molar-refractivity contribution in [3.63, 3.8) is 0 Å². The van der Waals surface area contributed by atoms with Crippen molar-refractivity contribution >= 4 is 0 Å². The van der Waals surface area contributed by atoms with Gasteiger partial charge in [0.1, 0.15) is 11.8 Å². The molecule has 0 aliphatic carbocycles. The summed E-state index contributed by atoms with van der Waals surface area (Å²) in [4.78, 5) is 0. The topological polar surface area (TPSA) is 45.0 Å². The van der Waals surface area contributed by atoms with Gasteiger partial charge in [-0.3, -0.25) is 0 Å². The molecule has 0 heterocycles. The molecule has 98 valence electrons. The minimum absolute atomic E-state index is 0.316. The summed E-state index contributed by atoms with van der Waals surface area (Å²) < 4.78 is 5.20. The van der Waals surface area contributed by atoms with Crippen LogP contribution in [0, 0.1) is 16.7 Å². The molecule has 0 bridgehead atoms. The van der Waals surface area contributed by atoms with Crippen molar-refractivity contribution in [2.24, 2.45) is 5.41 Å². The van der Waals surface area contributed by atoms with Gasteiger partial charge in [-0.15, -0.1) is 0 Å². The first-order valence-electron chi connectivity index (χ1n) is 6.30. The molecule has 18 heavy (non-hydrogen) atoms. The van der Waals surface area contributed by atoms with Gasteiger partial charge in [0.25, 0.3) is 0 Å². The van der Waals surface area contributed by atoms with E-state index in [9.17, 15) is 0 Å². The number of hydrogen-bond donors (Lipinski definition) is 1. The van der Waals surface area contributed by atoms with Crippen LogP contribution in [0.25, 0.3) is 0 Å². The Morgan fingerprint density at radius 2 is 2.11 bits per heavy atom. The molecule has 0 aliphatic rings. The maximum atomic E-state index is 8.91. The van der Waals surface area contributed by atoms with Gasteiger partial charge in [-0.1, -0.05) is 26.8 Å². The van der Waals surface area contributed by atoms with Crippen LogP contribution in [0.4, 0.5) is 0 Å². The third-order valence-corrected chi connectivity index (χ3v) is 3.28. The van der Waals surface area contributed by atoms with Crippen LogP contribution in [0.3, 0.4) is 0 Å². The number of nitriles is 1. The summed E-state index contributed by atoms with van der Waals surface area (Å²) in [5, 5.41) is 12.4. The Kier molecular flexibility index (Phi) is 5.18. The summed E-state index contributed by atoms with van der Waals surface area (Å²) in [5.41, 5.74) is 2.03. The normalized spacial score (nSPS) is 11.1. The second-order valence-electron chi connectivity index (χ2n) is 5.27. The predicted octanol–water partition coefficient (Wildman–Crippen LogP) is 3.09. The fourth-order valence-corrected chi connectivity index (χ4v) is 1.61. The van der Waals surface area contributed by atoms with Crippen LogP contribution in [0.15, 0.2) is 18.2 Å². The Balaban J connectivity index is 2.61. The van der Waals surface area contributed by atoms with Crippen molar-refractivity contribution in [3.8, 4) is 11.8 Å². The lowest BCUT2D eigenvalue weighted by atomic mass is 9.90. The second-order valence-corrected chi connectivity index (χ2v) is 5.27. The fourth-order valence-electron chi connectivity index (χ4n) is 1.61.